The number of nitrogens with zero attached hydrogens (tertiary/aromatic N) is 5. The lowest BCUT2D eigenvalue weighted by molar-refractivity contribution is 1.07. The van der Waals surface area contributed by atoms with Crippen LogP contribution in [-0.2, 0) is 0 Å². The van der Waals surface area contributed by atoms with Crippen molar-refractivity contribution in [2.45, 2.75) is 6.92 Å². The molecule has 0 radical (unpaired) electrons. The summed E-state index contributed by atoms with van der Waals surface area (Å²) in [6.07, 6.45) is 0. The Kier molecular flexibility index (Phi) is 7.64. The third kappa shape index (κ3) is 5.59. The Morgan fingerprint density at radius 3 is 1.46 bits per heavy atom. The van der Waals surface area contributed by atoms with E-state index in [1.807, 2.05) is 60.7 Å². The van der Waals surface area contributed by atoms with Gasteiger partial charge in [-0.2, -0.15) is 0 Å². The molecule has 0 fully saturated rings. The zero-order valence-corrected chi connectivity index (χ0v) is 31.2. The van der Waals surface area contributed by atoms with Gasteiger partial charge in [0, 0.05) is 49.6 Å². The van der Waals surface area contributed by atoms with Crippen LogP contribution in [-0.4, -0.2) is 24.1 Å². The highest BCUT2D eigenvalue weighted by atomic mass is 15.0. The number of fused-ring (bicyclic) bond motifs is 6. The molecular weight excluding hydrogens is 695 g/mol. The Bertz CT molecular complexity index is 3230. The normalized spacial score (nSPS) is 11.6. The van der Waals surface area contributed by atoms with Crippen LogP contribution in [0.1, 0.15) is 5.56 Å². The molecule has 0 spiro atoms. The molecule has 0 amide bonds. The third-order valence-electron chi connectivity index (χ3n) is 11.0. The summed E-state index contributed by atoms with van der Waals surface area (Å²) in [4.78, 5) is 15.0. The average molecular weight is 730 g/mol. The maximum atomic E-state index is 5.04. The summed E-state index contributed by atoms with van der Waals surface area (Å²) in [5, 5.41) is 4.89. The second-order valence-electron chi connectivity index (χ2n) is 14.6. The van der Waals surface area contributed by atoms with Gasteiger partial charge in [-0.3, -0.25) is 0 Å². The number of hydrogen-bond acceptors (Lipinski definition) is 3. The smallest absolute Gasteiger partial charge is 0.164 e. The largest absolute Gasteiger partial charge is 0.309 e. The molecule has 8 aromatic carbocycles. The molecule has 0 aliphatic carbocycles. The molecule has 0 atom stereocenters. The van der Waals surface area contributed by atoms with Crippen LogP contribution < -0.4 is 0 Å². The van der Waals surface area contributed by atoms with Crippen molar-refractivity contribution in [3.63, 3.8) is 0 Å². The first kappa shape index (κ1) is 32.8. The minimum atomic E-state index is 0.629. The minimum Gasteiger partial charge on any atom is -0.309 e. The van der Waals surface area contributed by atoms with E-state index in [9.17, 15) is 0 Å². The highest BCUT2D eigenvalue weighted by molar-refractivity contribution is 6.12. The van der Waals surface area contributed by atoms with E-state index >= 15 is 0 Å². The average Bonchev–Trinajstić information content (AvgIpc) is 3.79. The molecule has 5 heteroatoms. The van der Waals surface area contributed by atoms with Gasteiger partial charge in [0.15, 0.2) is 17.5 Å². The first-order valence-electron chi connectivity index (χ1n) is 19.3. The summed E-state index contributed by atoms with van der Waals surface area (Å²) in [5.74, 6) is 1.92. The standard InChI is InChI=1S/C52H35N5/c1-34-23-27-40(28-24-34)56-47-22-11-9-20-43(47)45-32-37(26-30-48(45)56)38-25-29-44-42-19-8-10-21-46(42)57(49(44)33-38)41-18-12-17-39(31-41)52-54-50(35-13-4-2-5-14-35)53-51(55-52)36-15-6-3-7-16-36/h2-33H,1H3. The van der Waals surface area contributed by atoms with E-state index in [2.05, 4.69) is 150 Å². The van der Waals surface area contributed by atoms with Gasteiger partial charge in [-0.25, -0.2) is 15.0 Å². The van der Waals surface area contributed by atoms with Crippen LogP contribution in [0.4, 0.5) is 0 Å². The summed E-state index contributed by atoms with van der Waals surface area (Å²) in [6.45, 7) is 2.13. The van der Waals surface area contributed by atoms with Gasteiger partial charge in [0.05, 0.1) is 22.1 Å². The fraction of sp³-hybridized carbons (Fsp3) is 0.0192. The highest BCUT2D eigenvalue weighted by Crippen LogP contribution is 2.39. The van der Waals surface area contributed by atoms with Crippen LogP contribution in [0, 0.1) is 6.92 Å². The van der Waals surface area contributed by atoms with E-state index in [1.54, 1.807) is 0 Å². The number of aromatic nitrogens is 5. The zero-order valence-electron chi connectivity index (χ0n) is 31.2. The predicted octanol–water partition coefficient (Wildman–Crippen LogP) is 13.0. The first-order chi connectivity index (χ1) is 28.2. The Morgan fingerprint density at radius 1 is 0.298 bits per heavy atom. The zero-order chi connectivity index (χ0) is 37.9. The van der Waals surface area contributed by atoms with E-state index in [-0.39, 0.29) is 0 Å². The van der Waals surface area contributed by atoms with Crippen LogP contribution in [0.3, 0.4) is 0 Å². The van der Waals surface area contributed by atoms with Crippen molar-refractivity contribution in [1.29, 1.82) is 0 Å². The van der Waals surface area contributed by atoms with Crippen LogP contribution in [0.25, 0.3) is 100 Å². The summed E-state index contributed by atoms with van der Waals surface area (Å²) in [7, 11) is 0. The monoisotopic (exact) mass is 729 g/mol. The topological polar surface area (TPSA) is 48.5 Å². The Morgan fingerprint density at radius 2 is 0.789 bits per heavy atom. The van der Waals surface area contributed by atoms with Crippen molar-refractivity contribution in [3.8, 4) is 56.7 Å². The summed E-state index contributed by atoms with van der Waals surface area (Å²) >= 11 is 0. The fourth-order valence-corrected chi connectivity index (χ4v) is 8.27. The van der Waals surface area contributed by atoms with E-state index in [0.29, 0.717) is 17.5 Å². The van der Waals surface area contributed by atoms with Crippen molar-refractivity contribution in [3.05, 3.63) is 200 Å². The molecule has 0 saturated carbocycles. The molecule has 0 unspecified atom stereocenters. The lowest BCUT2D eigenvalue weighted by Crippen LogP contribution is -2.01. The number of aryl methyl sites for hydroxylation is 1. The number of hydrogen-bond donors (Lipinski definition) is 0. The summed E-state index contributed by atoms with van der Waals surface area (Å²) < 4.78 is 4.75. The van der Waals surface area contributed by atoms with Crippen LogP contribution >= 0.6 is 0 Å². The van der Waals surface area contributed by atoms with Gasteiger partial charge in [-0.1, -0.05) is 145 Å². The number of benzene rings is 8. The molecule has 57 heavy (non-hydrogen) atoms. The third-order valence-corrected chi connectivity index (χ3v) is 11.0. The van der Waals surface area contributed by atoms with Crippen molar-refractivity contribution in [2.24, 2.45) is 0 Å². The molecule has 3 heterocycles. The number of rotatable bonds is 6. The molecule has 11 rings (SSSR count). The van der Waals surface area contributed by atoms with Gasteiger partial charge in [-0.15, -0.1) is 0 Å². The van der Waals surface area contributed by atoms with Crippen LogP contribution in [0.15, 0.2) is 194 Å². The van der Waals surface area contributed by atoms with Gasteiger partial charge < -0.3 is 9.13 Å². The van der Waals surface area contributed by atoms with E-state index in [1.165, 1.54) is 43.7 Å². The fourth-order valence-electron chi connectivity index (χ4n) is 8.27. The van der Waals surface area contributed by atoms with Gasteiger partial charge in [0.25, 0.3) is 0 Å². The van der Waals surface area contributed by atoms with Gasteiger partial charge in [0.2, 0.25) is 0 Å². The molecule has 0 aliphatic rings. The Balaban J connectivity index is 1.07. The van der Waals surface area contributed by atoms with E-state index < -0.39 is 0 Å². The van der Waals surface area contributed by atoms with Crippen molar-refractivity contribution < 1.29 is 0 Å². The molecule has 0 aliphatic heterocycles. The van der Waals surface area contributed by atoms with Gasteiger partial charge in [-0.05, 0) is 72.6 Å². The van der Waals surface area contributed by atoms with Crippen molar-refractivity contribution >= 4 is 43.6 Å². The Hall–Kier alpha value is -7.63. The molecule has 11 aromatic rings. The SMILES string of the molecule is Cc1ccc(-n2c3ccccc3c3cc(-c4ccc5c6ccccc6n(-c6cccc(-c7nc(-c8ccccc8)nc(-c8ccccc8)n7)c6)c5c4)ccc32)cc1. The van der Waals surface area contributed by atoms with E-state index in [4.69, 9.17) is 15.0 Å². The predicted molar refractivity (Wildman–Crippen MR) is 235 cm³/mol. The maximum Gasteiger partial charge on any atom is 0.164 e. The summed E-state index contributed by atoms with van der Waals surface area (Å²) in [6, 6.07) is 68.7. The molecule has 0 bridgehead atoms. The highest BCUT2D eigenvalue weighted by Gasteiger charge is 2.18. The molecule has 0 N–H and O–H groups in total. The first-order valence-corrected chi connectivity index (χ1v) is 19.3. The number of para-hydroxylation sites is 2. The Labute approximate surface area is 329 Å². The quantitative estimate of drug-likeness (QED) is 0.171. The van der Waals surface area contributed by atoms with Gasteiger partial charge in [0.1, 0.15) is 0 Å². The molecule has 3 aromatic heterocycles. The second kappa shape index (κ2) is 13.3. The molecule has 5 nitrogen and oxygen atoms in total. The lowest BCUT2D eigenvalue weighted by Gasteiger charge is -2.12. The lowest BCUT2D eigenvalue weighted by atomic mass is 10.0. The van der Waals surface area contributed by atoms with E-state index in [0.717, 1.165) is 44.7 Å². The van der Waals surface area contributed by atoms with Crippen LogP contribution in [0.2, 0.25) is 0 Å². The minimum absolute atomic E-state index is 0.629. The van der Waals surface area contributed by atoms with Gasteiger partial charge >= 0.3 is 0 Å². The van der Waals surface area contributed by atoms with Crippen LogP contribution in [0.5, 0.6) is 0 Å². The molecule has 268 valence electrons. The molecular formula is C52H35N5. The second-order valence-corrected chi connectivity index (χ2v) is 14.6. The van der Waals surface area contributed by atoms with Crippen molar-refractivity contribution in [2.75, 3.05) is 0 Å². The van der Waals surface area contributed by atoms with Crippen molar-refractivity contribution in [1.82, 2.24) is 24.1 Å². The maximum absolute atomic E-state index is 5.04. The molecule has 0 saturated heterocycles. The summed E-state index contributed by atoms with van der Waals surface area (Å²) in [5.41, 5.74) is 13.3.